The summed E-state index contributed by atoms with van der Waals surface area (Å²) in [5.41, 5.74) is 2.39. The molecule has 0 aliphatic heterocycles. The molecule has 0 radical (unpaired) electrons. The van der Waals surface area contributed by atoms with Gasteiger partial charge in [-0.3, -0.25) is 5.10 Å². The number of benzene rings is 2. The normalized spacial score (nSPS) is 11.5. The molecule has 0 aliphatic carbocycles. The topological polar surface area (TPSA) is 70.7 Å². The molecule has 2 aromatic carbocycles. The van der Waals surface area contributed by atoms with Crippen LogP contribution >= 0.6 is 11.6 Å². The van der Waals surface area contributed by atoms with Gasteiger partial charge in [-0.15, -0.1) is 10.2 Å². The van der Waals surface area contributed by atoms with Gasteiger partial charge in [-0.2, -0.15) is 4.52 Å². The van der Waals surface area contributed by atoms with E-state index < -0.39 is 0 Å². The molecular formula is C16H11ClN6. The van der Waals surface area contributed by atoms with Crippen molar-refractivity contribution < 1.29 is 0 Å². The minimum absolute atomic E-state index is 0.550. The van der Waals surface area contributed by atoms with Crippen LogP contribution < -0.4 is 0 Å². The zero-order valence-electron chi connectivity index (χ0n) is 11.9. The Morgan fingerprint density at radius 1 is 0.957 bits per heavy atom. The van der Waals surface area contributed by atoms with Crippen LogP contribution in [0, 0.1) is 0 Å². The molecule has 4 rings (SSSR count). The molecule has 0 saturated heterocycles. The van der Waals surface area contributed by atoms with Gasteiger partial charge in [0.15, 0.2) is 0 Å². The largest absolute Gasteiger partial charge is 0.279 e. The van der Waals surface area contributed by atoms with Crippen LogP contribution in [0.5, 0.6) is 0 Å². The molecule has 1 N–H and O–H groups in total. The molecule has 0 amide bonds. The van der Waals surface area contributed by atoms with Crippen molar-refractivity contribution >= 4 is 28.9 Å². The number of imidazole rings is 1. The number of fused-ring (bicyclic) bond motifs is 1. The summed E-state index contributed by atoms with van der Waals surface area (Å²) >= 11 is 5.88. The first-order chi connectivity index (χ1) is 11.3. The zero-order chi connectivity index (χ0) is 15.6. The molecule has 23 heavy (non-hydrogen) atoms. The summed E-state index contributed by atoms with van der Waals surface area (Å²) in [5.74, 6) is 1.15. The summed E-state index contributed by atoms with van der Waals surface area (Å²) in [5, 5.41) is 12.3. The molecule has 6 nitrogen and oxygen atoms in total. The lowest BCUT2D eigenvalue weighted by Crippen LogP contribution is -1.82. The summed E-state index contributed by atoms with van der Waals surface area (Å²) in [4.78, 5) is 8.68. The van der Waals surface area contributed by atoms with Crippen molar-refractivity contribution in [1.82, 2.24) is 19.6 Å². The highest BCUT2D eigenvalue weighted by Crippen LogP contribution is 2.31. The van der Waals surface area contributed by atoms with Crippen LogP contribution in [0.25, 0.3) is 17.0 Å². The number of nitrogens with one attached hydrogen (secondary N) is 1. The van der Waals surface area contributed by atoms with Crippen LogP contribution in [0.4, 0.5) is 11.5 Å². The summed E-state index contributed by atoms with van der Waals surface area (Å²) in [7, 11) is 0. The second-order valence-electron chi connectivity index (χ2n) is 4.85. The van der Waals surface area contributed by atoms with Crippen LogP contribution in [-0.2, 0) is 0 Å². The van der Waals surface area contributed by atoms with Gasteiger partial charge in [0.2, 0.25) is 5.82 Å². The predicted octanol–water partition coefficient (Wildman–Crippen LogP) is 4.79. The van der Waals surface area contributed by atoms with Crippen molar-refractivity contribution in [2.24, 2.45) is 10.2 Å². The SMILES string of the molecule is Clc1ccc(N=Nc2c(-c3ccccc3)nc3nc[nH]n23)cc1. The van der Waals surface area contributed by atoms with Gasteiger partial charge in [0, 0.05) is 10.6 Å². The first kappa shape index (κ1) is 13.7. The Balaban J connectivity index is 1.81. The first-order valence-electron chi connectivity index (χ1n) is 6.96. The monoisotopic (exact) mass is 322 g/mol. The third-order valence-corrected chi connectivity index (χ3v) is 3.59. The van der Waals surface area contributed by atoms with E-state index in [1.54, 1.807) is 35.1 Å². The van der Waals surface area contributed by atoms with Gasteiger partial charge < -0.3 is 0 Å². The van der Waals surface area contributed by atoms with Crippen molar-refractivity contribution in [2.75, 3.05) is 0 Å². The molecule has 112 valence electrons. The number of H-pyrrole nitrogens is 1. The molecule has 2 heterocycles. The second kappa shape index (κ2) is 5.66. The summed E-state index contributed by atoms with van der Waals surface area (Å²) in [6, 6.07) is 17.0. The number of rotatable bonds is 3. The molecule has 0 atom stereocenters. The van der Waals surface area contributed by atoms with Crippen LogP contribution in [0.1, 0.15) is 0 Å². The Kier molecular flexibility index (Phi) is 3.36. The zero-order valence-corrected chi connectivity index (χ0v) is 12.6. The molecule has 4 aromatic rings. The fourth-order valence-corrected chi connectivity index (χ4v) is 2.37. The van der Waals surface area contributed by atoms with Crippen LogP contribution in [0.15, 0.2) is 71.2 Å². The fourth-order valence-electron chi connectivity index (χ4n) is 2.25. The van der Waals surface area contributed by atoms with Crippen molar-refractivity contribution in [1.29, 1.82) is 0 Å². The van der Waals surface area contributed by atoms with E-state index in [9.17, 15) is 0 Å². The molecule has 7 heteroatoms. The maximum Gasteiger partial charge on any atom is 0.253 e. The highest BCUT2D eigenvalue weighted by Gasteiger charge is 2.15. The summed E-state index contributed by atoms with van der Waals surface area (Å²) in [6.07, 6.45) is 1.57. The highest BCUT2D eigenvalue weighted by atomic mass is 35.5. The second-order valence-corrected chi connectivity index (χ2v) is 5.29. The molecule has 2 aromatic heterocycles. The van der Waals surface area contributed by atoms with Crippen molar-refractivity contribution in [3.05, 3.63) is 65.9 Å². The van der Waals surface area contributed by atoms with Crippen LogP contribution in [-0.4, -0.2) is 19.6 Å². The molecule has 0 fully saturated rings. The lowest BCUT2D eigenvalue weighted by atomic mass is 10.1. The lowest BCUT2D eigenvalue weighted by Gasteiger charge is -1.98. The number of aromatic nitrogens is 4. The van der Waals surface area contributed by atoms with Gasteiger partial charge in [0.25, 0.3) is 5.78 Å². The number of halogens is 1. The van der Waals surface area contributed by atoms with Crippen molar-refractivity contribution in [3.63, 3.8) is 0 Å². The van der Waals surface area contributed by atoms with Crippen LogP contribution in [0.3, 0.4) is 0 Å². The van der Waals surface area contributed by atoms with E-state index in [1.807, 2.05) is 30.3 Å². The smallest absolute Gasteiger partial charge is 0.253 e. The molecule has 0 unspecified atom stereocenters. The van der Waals surface area contributed by atoms with Crippen molar-refractivity contribution in [3.8, 4) is 11.3 Å². The Labute approximate surface area is 136 Å². The van der Waals surface area contributed by atoms with Crippen LogP contribution in [0.2, 0.25) is 5.02 Å². The molecular weight excluding hydrogens is 312 g/mol. The van der Waals surface area contributed by atoms with Crippen molar-refractivity contribution in [2.45, 2.75) is 0 Å². The van der Waals surface area contributed by atoms with Gasteiger partial charge in [0.1, 0.15) is 12.0 Å². The lowest BCUT2D eigenvalue weighted by molar-refractivity contribution is 0.953. The maximum atomic E-state index is 5.88. The minimum atomic E-state index is 0.550. The van der Waals surface area contributed by atoms with E-state index in [0.29, 0.717) is 22.3 Å². The molecule has 0 aliphatic rings. The molecule has 0 bridgehead atoms. The van der Waals surface area contributed by atoms with E-state index in [2.05, 4.69) is 25.3 Å². The molecule has 0 saturated carbocycles. The number of hydrogen-bond donors (Lipinski definition) is 1. The van der Waals surface area contributed by atoms with E-state index in [-0.39, 0.29) is 0 Å². The standard InChI is InChI=1S/C16H11ClN6/c17-12-6-8-13(9-7-12)21-22-15-14(11-4-2-1-3-5-11)20-16-18-10-19-23(15)16/h1-10H,(H,18,19,20). The summed E-state index contributed by atoms with van der Waals surface area (Å²) < 4.78 is 1.70. The number of aromatic amines is 1. The quantitative estimate of drug-likeness (QED) is 0.551. The minimum Gasteiger partial charge on any atom is -0.279 e. The van der Waals surface area contributed by atoms with Gasteiger partial charge >= 0.3 is 0 Å². The number of nitrogens with zero attached hydrogens (tertiary/aromatic N) is 5. The van der Waals surface area contributed by atoms with Gasteiger partial charge in [0.05, 0.1) is 5.69 Å². The average Bonchev–Trinajstić information content (AvgIpc) is 3.17. The average molecular weight is 323 g/mol. The number of azo groups is 1. The number of hydrogen-bond acceptors (Lipinski definition) is 4. The fraction of sp³-hybridized carbons (Fsp3) is 0. The van der Waals surface area contributed by atoms with E-state index in [1.165, 1.54) is 0 Å². The Morgan fingerprint density at radius 3 is 2.52 bits per heavy atom. The highest BCUT2D eigenvalue weighted by molar-refractivity contribution is 6.30. The maximum absolute atomic E-state index is 5.88. The van der Waals surface area contributed by atoms with Gasteiger partial charge in [-0.1, -0.05) is 41.9 Å². The first-order valence-corrected chi connectivity index (χ1v) is 7.33. The Morgan fingerprint density at radius 2 is 1.74 bits per heavy atom. The third-order valence-electron chi connectivity index (χ3n) is 3.34. The van der Waals surface area contributed by atoms with E-state index in [4.69, 9.17) is 11.6 Å². The molecule has 0 spiro atoms. The third kappa shape index (κ3) is 2.60. The Bertz CT molecular complexity index is 969. The summed E-state index contributed by atoms with van der Waals surface area (Å²) in [6.45, 7) is 0. The van der Waals surface area contributed by atoms with Gasteiger partial charge in [-0.05, 0) is 24.3 Å². The van der Waals surface area contributed by atoms with E-state index >= 15 is 0 Å². The Hall–Kier alpha value is -2.99. The predicted molar refractivity (Wildman–Crippen MR) is 88.4 cm³/mol. The van der Waals surface area contributed by atoms with E-state index in [0.717, 1.165) is 11.3 Å². The van der Waals surface area contributed by atoms with Gasteiger partial charge in [-0.25, -0.2) is 9.97 Å².